The van der Waals surface area contributed by atoms with Gasteiger partial charge in [0.2, 0.25) is 11.8 Å². The average Bonchev–Trinajstić information content (AvgIpc) is 3.25. The number of hydrogen-bond donors (Lipinski definition) is 1. The van der Waals surface area contributed by atoms with Crippen molar-refractivity contribution in [3.63, 3.8) is 0 Å². The second kappa shape index (κ2) is 8.23. The topological polar surface area (TPSA) is 68.0 Å². The molecule has 1 heterocycles. The van der Waals surface area contributed by atoms with E-state index in [0.29, 0.717) is 11.5 Å². The van der Waals surface area contributed by atoms with Crippen LogP contribution in [0.15, 0.2) is 77.2 Å². The molecule has 4 aromatic rings. The van der Waals surface area contributed by atoms with E-state index >= 15 is 0 Å². The van der Waals surface area contributed by atoms with Crippen LogP contribution in [0.1, 0.15) is 15.9 Å². The molecule has 0 unspecified atom stereocenters. The molecule has 0 saturated heterocycles. The van der Waals surface area contributed by atoms with Crippen molar-refractivity contribution in [2.24, 2.45) is 0 Å². The predicted octanol–water partition coefficient (Wildman–Crippen LogP) is 6.33. The Kier molecular flexibility index (Phi) is 5.48. The number of amides is 1. The number of carbonyl (C=O) groups is 1. The number of alkyl halides is 3. The van der Waals surface area contributed by atoms with Crippen LogP contribution in [-0.4, -0.2) is 16.1 Å². The van der Waals surface area contributed by atoms with Crippen molar-refractivity contribution in [3.05, 3.63) is 88.9 Å². The summed E-state index contributed by atoms with van der Waals surface area (Å²) in [5, 5.41) is 10.0. The van der Waals surface area contributed by atoms with Crippen LogP contribution in [0.5, 0.6) is 0 Å². The van der Waals surface area contributed by atoms with Crippen molar-refractivity contribution >= 4 is 23.2 Å². The number of halogens is 4. The Balaban J connectivity index is 1.50. The molecule has 5 nitrogen and oxygen atoms in total. The lowest BCUT2D eigenvalue weighted by atomic mass is 10.1. The molecule has 4 rings (SSSR count). The molecule has 1 N–H and O–H groups in total. The maximum absolute atomic E-state index is 13.0. The lowest BCUT2D eigenvalue weighted by Crippen LogP contribution is -2.13. The van der Waals surface area contributed by atoms with Gasteiger partial charge in [-0.05, 0) is 54.6 Å². The van der Waals surface area contributed by atoms with Crippen LogP contribution in [0, 0.1) is 0 Å². The molecule has 0 aliphatic heterocycles. The van der Waals surface area contributed by atoms with Crippen LogP contribution in [0.4, 0.5) is 18.9 Å². The first-order valence-corrected chi connectivity index (χ1v) is 9.36. The van der Waals surface area contributed by atoms with Gasteiger partial charge in [0.25, 0.3) is 5.91 Å². The fourth-order valence-electron chi connectivity index (χ4n) is 2.82. The maximum atomic E-state index is 13.0. The Labute approximate surface area is 179 Å². The van der Waals surface area contributed by atoms with E-state index in [0.717, 1.165) is 17.7 Å². The van der Waals surface area contributed by atoms with Gasteiger partial charge in [-0.15, -0.1) is 10.2 Å². The molecule has 0 bridgehead atoms. The van der Waals surface area contributed by atoms with Gasteiger partial charge in [-0.25, -0.2) is 0 Å². The van der Waals surface area contributed by atoms with Crippen molar-refractivity contribution in [2.75, 3.05) is 5.32 Å². The van der Waals surface area contributed by atoms with Gasteiger partial charge in [-0.3, -0.25) is 4.79 Å². The molecule has 0 saturated carbocycles. The summed E-state index contributed by atoms with van der Waals surface area (Å²) in [5.41, 5.74) is 0.578. The summed E-state index contributed by atoms with van der Waals surface area (Å²) in [7, 11) is 0. The third-order valence-electron chi connectivity index (χ3n) is 4.37. The normalized spacial score (nSPS) is 11.4. The largest absolute Gasteiger partial charge is 0.417 e. The van der Waals surface area contributed by atoms with Gasteiger partial charge in [-0.2, -0.15) is 13.2 Å². The van der Waals surface area contributed by atoms with Gasteiger partial charge in [0.05, 0.1) is 10.6 Å². The van der Waals surface area contributed by atoms with Crippen LogP contribution in [0.3, 0.4) is 0 Å². The minimum absolute atomic E-state index is 0.0183. The first kappa shape index (κ1) is 20.6. The average molecular weight is 444 g/mol. The monoisotopic (exact) mass is 443 g/mol. The standard InChI is InChI=1S/C22H13ClF3N3O2/c23-18-11-10-16(12-17(18)22(24,25)26)27-19(30)13-6-8-15(9-7-13)21-29-28-20(31-21)14-4-2-1-3-5-14/h1-12H,(H,27,30). The third-order valence-corrected chi connectivity index (χ3v) is 4.70. The SMILES string of the molecule is O=C(Nc1ccc(Cl)c(C(F)(F)F)c1)c1ccc(-c2nnc(-c3ccccc3)o2)cc1. The van der Waals surface area contributed by atoms with E-state index < -0.39 is 22.7 Å². The Bertz CT molecular complexity index is 1220. The maximum Gasteiger partial charge on any atom is 0.417 e. The zero-order valence-electron chi connectivity index (χ0n) is 15.7. The molecular formula is C22H13ClF3N3O2. The number of anilines is 1. The van der Waals surface area contributed by atoms with Crippen LogP contribution in [0.2, 0.25) is 5.02 Å². The summed E-state index contributed by atoms with van der Waals surface area (Å²) >= 11 is 5.60. The number of benzene rings is 3. The highest BCUT2D eigenvalue weighted by molar-refractivity contribution is 6.31. The second-order valence-corrected chi connectivity index (χ2v) is 6.91. The highest BCUT2D eigenvalue weighted by Gasteiger charge is 2.33. The number of carbonyl (C=O) groups excluding carboxylic acids is 1. The minimum atomic E-state index is -4.62. The molecule has 3 aromatic carbocycles. The smallest absolute Gasteiger partial charge is 0.416 e. The van der Waals surface area contributed by atoms with Gasteiger partial charge >= 0.3 is 6.18 Å². The molecular weight excluding hydrogens is 431 g/mol. The summed E-state index contributed by atoms with van der Waals surface area (Å²) < 4.78 is 44.6. The first-order valence-electron chi connectivity index (χ1n) is 8.99. The fraction of sp³-hybridized carbons (Fsp3) is 0.0455. The lowest BCUT2D eigenvalue weighted by Gasteiger charge is -2.12. The third kappa shape index (κ3) is 4.59. The molecule has 156 valence electrons. The molecule has 0 spiro atoms. The van der Waals surface area contributed by atoms with E-state index in [1.54, 1.807) is 12.1 Å². The molecule has 0 aliphatic rings. The highest BCUT2D eigenvalue weighted by atomic mass is 35.5. The molecule has 31 heavy (non-hydrogen) atoms. The van der Waals surface area contributed by atoms with Crippen LogP contribution < -0.4 is 5.32 Å². The Hall–Kier alpha value is -3.65. The Morgan fingerprint density at radius 2 is 1.48 bits per heavy atom. The summed E-state index contributed by atoms with van der Waals surface area (Å²) in [5.74, 6) is 0.0662. The first-order chi connectivity index (χ1) is 14.8. The van der Waals surface area contributed by atoms with Crippen molar-refractivity contribution < 1.29 is 22.4 Å². The summed E-state index contributed by atoms with van der Waals surface area (Å²) in [6.45, 7) is 0. The van der Waals surface area contributed by atoms with E-state index in [4.69, 9.17) is 16.0 Å². The van der Waals surface area contributed by atoms with Crippen LogP contribution >= 0.6 is 11.6 Å². The lowest BCUT2D eigenvalue weighted by molar-refractivity contribution is -0.137. The van der Waals surface area contributed by atoms with E-state index in [-0.39, 0.29) is 17.1 Å². The predicted molar refractivity (Wildman–Crippen MR) is 110 cm³/mol. The number of nitrogens with one attached hydrogen (secondary N) is 1. The van der Waals surface area contributed by atoms with Crippen molar-refractivity contribution in [3.8, 4) is 22.9 Å². The van der Waals surface area contributed by atoms with Gasteiger partial charge < -0.3 is 9.73 Å². The quantitative estimate of drug-likeness (QED) is 0.400. The second-order valence-electron chi connectivity index (χ2n) is 6.50. The minimum Gasteiger partial charge on any atom is -0.416 e. The van der Waals surface area contributed by atoms with E-state index in [2.05, 4.69) is 15.5 Å². The molecule has 0 radical (unpaired) electrons. The highest BCUT2D eigenvalue weighted by Crippen LogP contribution is 2.36. The van der Waals surface area contributed by atoms with E-state index in [9.17, 15) is 18.0 Å². The zero-order valence-corrected chi connectivity index (χ0v) is 16.4. The van der Waals surface area contributed by atoms with Gasteiger partial charge in [-0.1, -0.05) is 29.8 Å². The number of rotatable bonds is 4. The zero-order chi connectivity index (χ0) is 22.0. The van der Waals surface area contributed by atoms with E-state index in [1.807, 2.05) is 30.3 Å². The molecule has 0 atom stereocenters. The summed E-state index contributed by atoms with van der Waals surface area (Å²) in [6, 6.07) is 18.7. The molecule has 0 fully saturated rings. The van der Waals surface area contributed by atoms with Gasteiger partial charge in [0.1, 0.15) is 0 Å². The van der Waals surface area contributed by atoms with Crippen molar-refractivity contribution in [2.45, 2.75) is 6.18 Å². The summed E-state index contributed by atoms with van der Waals surface area (Å²) in [4.78, 5) is 12.4. The molecule has 0 aliphatic carbocycles. The van der Waals surface area contributed by atoms with Crippen molar-refractivity contribution in [1.29, 1.82) is 0 Å². The van der Waals surface area contributed by atoms with Crippen molar-refractivity contribution in [1.82, 2.24) is 10.2 Å². The molecule has 9 heteroatoms. The number of hydrogen-bond acceptors (Lipinski definition) is 4. The Morgan fingerprint density at radius 1 is 0.871 bits per heavy atom. The fourth-order valence-corrected chi connectivity index (χ4v) is 3.05. The van der Waals surface area contributed by atoms with Crippen LogP contribution in [0.25, 0.3) is 22.9 Å². The van der Waals surface area contributed by atoms with Crippen LogP contribution in [-0.2, 0) is 6.18 Å². The summed E-state index contributed by atoms with van der Waals surface area (Å²) in [6.07, 6.45) is -4.62. The van der Waals surface area contributed by atoms with E-state index in [1.165, 1.54) is 18.2 Å². The Morgan fingerprint density at radius 3 is 2.10 bits per heavy atom. The van der Waals surface area contributed by atoms with Gasteiger partial charge in [0, 0.05) is 22.4 Å². The number of aromatic nitrogens is 2. The number of nitrogens with zero attached hydrogens (tertiary/aromatic N) is 2. The molecule has 1 amide bonds. The van der Waals surface area contributed by atoms with Gasteiger partial charge in [0.15, 0.2) is 0 Å². The molecule has 1 aromatic heterocycles.